The minimum atomic E-state index is 0.539. The normalized spacial score (nSPS) is 18.5. The summed E-state index contributed by atoms with van der Waals surface area (Å²) in [5.41, 5.74) is 0. The topological polar surface area (TPSA) is 30.5 Å². The van der Waals surface area contributed by atoms with Gasteiger partial charge in [-0.1, -0.05) is 18.2 Å². The SMILES string of the molecule is CNC(CCOc1ccccc1)C1CCOCC1. The summed E-state index contributed by atoms with van der Waals surface area (Å²) < 4.78 is 11.2. The van der Waals surface area contributed by atoms with Gasteiger partial charge in [-0.25, -0.2) is 0 Å². The fourth-order valence-electron chi connectivity index (χ4n) is 2.55. The molecule has 3 heteroatoms. The molecule has 1 saturated heterocycles. The lowest BCUT2D eigenvalue weighted by Crippen LogP contribution is -2.38. The molecule has 1 aliphatic rings. The zero-order valence-corrected chi connectivity index (χ0v) is 11.1. The predicted molar refractivity (Wildman–Crippen MR) is 72.9 cm³/mol. The minimum absolute atomic E-state index is 0.539. The van der Waals surface area contributed by atoms with Crippen LogP contribution >= 0.6 is 0 Å². The van der Waals surface area contributed by atoms with E-state index in [0.29, 0.717) is 6.04 Å². The lowest BCUT2D eigenvalue weighted by Gasteiger charge is -2.30. The Hall–Kier alpha value is -1.06. The molecule has 1 atom stereocenters. The van der Waals surface area contributed by atoms with Gasteiger partial charge in [-0.05, 0) is 44.4 Å². The third kappa shape index (κ3) is 4.00. The minimum Gasteiger partial charge on any atom is -0.494 e. The van der Waals surface area contributed by atoms with E-state index < -0.39 is 0 Å². The van der Waals surface area contributed by atoms with Gasteiger partial charge >= 0.3 is 0 Å². The highest BCUT2D eigenvalue weighted by Crippen LogP contribution is 2.21. The average molecular weight is 249 g/mol. The fraction of sp³-hybridized carbons (Fsp3) is 0.600. The Morgan fingerprint density at radius 1 is 1.28 bits per heavy atom. The Morgan fingerprint density at radius 2 is 2.00 bits per heavy atom. The molecular weight excluding hydrogens is 226 g/mol. The number of hydrogen-bond acceptors (Lipinski definition) is 3. The van der Waals surface area contributed by atoms with Gasteiger partial charge in [-0.2, -0.15) is 0 Å². The molecule has 0 amide bonds. The van der Waals surface area contributed by atoms with Crippen LogP contribution in [-0.4, -0.2) is 32.9 Å². The monoisotopic (exact) mass is 249 g/mol. The van der Waals surface area contributed by atoms with Gasteiger partial charge in [0, 0.05) is 19.3 Å². The van der Waals surface area contributed by atoms with Crippen LogP contribution in [0.15, 0.2) is 30.3 Å². The maximum Gasteiger partial charge on any atom is 0.119 e. The highest BCUT2D eigenvalue weighted by Gasteiger charge is 2.22. The van der Waals surface area contributed by atoms with Gasteiger partial charge in [0.15, 0.2) is 0 Å². The molecule has 1 N–H and O–H groups in total. The molecule has 100 valence electrons. The van der Waals surface area contributed by atoms with E-state index in [-0.39, 0.29) is 0 Å². The third-order valence-electron chi connectivity index (χ3n) is 3.65. The van der Waals surface area contributed by atoms with Crippen molar-refractivity contribution in [1.82, 2.24) is 5.32 Å². The molecule has 0 spiro atoms. The zero-order valence-electron chi connectivity index (χ0n) is 11.1. The predicted octanol–water partition coefficient (Wildman–Crippen LogP) is 2.47. The van der Waals surface area contributed by atoms with E-state index in [2.05, 4.69) is 5.32 Å². The summed E-state index contributed by atoms with van der Waals surface area (Å²) in [4.78, 5) is 0. The summed E-state index contributed by atoms with van der Waals surface area (Å²) >= 11 is 0. The Kier molecular flexibility index (Phi) is 5.49. The largest absolute Gasteiger partial charge is 0.494 e. The Labute approximate surface area is 109 Å². The quantitative estimate of drug-likeness (QED) is 0.840. The van der Waals surface area contributed by atoms with Crippen LogP contribution in [0.5, 0.6) is 5.75 Å². The first-order valence-corrected chi connectivity index (χ1v) is 6.83. The van der Waals surface area contributed by atoms with Crippen molar-refractivity contribution < 1.29 is 9.47 Å². The van der Waals surface area contributed by atoms with Gasteiger partial charge in [0.2, 0.25) is 0 Å². The molecule has 3 nitrogen and oxygen atoms in total. The first kappa shape index (κ1) is 13.4. The summed E-state index contributed by atoms with van der Waals surface area (Å²) in [5, 5.41) is 3.42. The average Bonchev–Trinajstić information content (AvgIpc) is 2.46. The second kappa shape index (κ2) is 7.39. The number of benzene rings is 1. The van der Waals surface area contributed by atoms with Gasteiger partial charge in [0.1, 0.15) is 5.75 Å². The molecule has 1 heterocycles. The number of hydrogen-bond donors (Lipinski definition) is 1. The van der Waals surface area contributed by atoms with Crippen molar-refractivity contribution in [2.75, 3.05) is 26.9 Å². The maximum absolute atomic E-state index is 5.76. The second-order valence-electron chi connectivity index (χ2n) is 4.80. The van der Waals surface area contributed by atoms with Crippen molar-refractivity contribution in [3.05, 3.63) is 30.3 Å². The number of rotatable bonds is 6. The molecule has 0 radical (unpaired) electrons. The molecule has 0 saturated carbocycles. The Morgan fingerprint density at radius 3 is 2.67 bits per heavy atom. The molecule has 1 unspecified atom stereocenters. The lowest BCUT2D eigenvalue weighted by molar-refractivity contribution is 0.0516. The van der Waals surface area contributed by atoms with Gasteiger partial charge in [-0.3, -0.25) is 0 Å². The molecule has 18 heavy (non-hydrogen) atoms. The van der Waals surface area contributed by atoms with Crippen molar-refractivity contribution in [2.24, 2.45) is 5.92 Å². The van der Waals surface area contributed by atoms with Crippen LogP contribution in [0.2, 0.25) is 0 Å². The van der Waals surface area contributed by atoms with Gasteiger partial charge in [-0.15, -0.1) is 0 Å². The summed E-state index contributed by atoms with van der Waals surface area (Å²) in [5.74, 6) is 1.68. The molecule has 1 aromatic carbocycles. The van der Waals surface area contributed by atoms with Crippen molar-refractivity contribution >= 4 is 0 Å². The van der Waals surface area contributed by atoms with Crippen LogP contribution in [0.25, 0.3) is 0 Å². The molecule has 2 rings (SSSR count). The third-order valence-corrected chi connectivity index (χ3v) is 3.65. The van der Waals surface area contributed by atoms with Crippen LogP contribution in [0.1, 0.15) is 19.3 Å². The van der Waals surface area contributed by atoms with Crippen LogP contribution in [0, 0.1) is 5.92 Å². The van der Waals surface area contributed by atoms with E-state index in [0.717, 1.165) is 50.8 Å². The highest BCUT2D eigenvalue weighted by atomic mass is 16.5. The molecular formula is C15H23NO2. The van der Waals surface area contributed by atoms with Gasteiger partial charge < -0.3 is 14.8 Å². The van der Waals surface area contributed by atoms with E-state index in [9.17, 15) is 0 Å². The van der Waals surface area contributed by atoms with Crippen molar-refractivity contribution in [3.8, 4) is 5.75 Å². The maximum atomic E-state index is 5.76. The standard InChI is InChI=1S/C15H23NO2/c1-16-15(13-7-10-17-11-8-13)9-12-18-14-5-3-2-4-6-14/h2-6,13,15-16H,7-12H2,1H3. The van der Waals surface area contributed by atoms with Crippen LogP contribution in [0.4, 0.5) is 0 Å². The number of para-hydroxylation sites is 1. The first-order valence-electron chi connectivity index (χ1n) is 6.83. The molecule has 0 aromatic heterocycles. The molecule has 1 aliphatic heterocycles. The van der Waals surface area contributed by atoms with Crippen LogP contribution < -0.4 is 10.1 Å². The first-order chi connectivity index (χ1) is 8.90. The zero-order chi connectivity index (χ0) is 12.6. The fourth-order valence-corrected chi connectivity index (χ4v) is 2.55. The molecule has 1 fully saturated rings. The van der Waals surface area contributed by atoms with E-state index in [1.54, 1.807) is 0 Å². The van der Waals surface area contributed by atoms with Crippen molar-refractivity contribution in [3.63, 3.8) is 0 Å². The second-order valence-corrected chi connectivity index (χ2v) is 4.80. The summed E-state index contributed by atoms with van der Waals surface area (Å²) in [6, 6.07) is 10.6. The number of ether oxygens (including phenoxy) is 2. The highest BCUT2D eigenvalue weighted by molar-refractivity contribution is 5.20. The van der Waals surface area contributed by atoms with Gasteiger partial charge in [0.05, 0.1) is 6.61 Å². The Balaban J connectivity index is 1.73. The molecule has 0 aliphatic carbocycles. The van der Waals surface area contributed by atoms with Crippen molar-refractivity contribution in [1.29, 1.82) is 0 Å². The lowest BCUT2D eigenvalue weighted by atomic mass is 9.90. The molecule has 0 bridgehead atoms. The van der Waals surface area contributed by atoms with E-state index >= 15 is 0 Å². The smallest absolute Gasteiger partial charge is 0.119 e. The number of nitrogens with one attached hydrogen (secondary N) is 1. The summed E-state index contributed by atoms with van der Waals surface area (Å²) in [6.45, 7) is 2.58. The van der Waals surface area contributed by atoms with E-state index in [4.69, 9.17) is 9.47 Å². The van der Waals surface area contributed by atoms with E-state index in [1.807, 2.05) is 37.4 Å². The molecule has 1 aromatic rings. The summed E-state index contributed by atoms with van der Waals surface area (Å²) in [6.07, 6.45) is 3.38. The Bertz CT molecular complexity index is 323. The van der Waals surface area contributed by atoms with Crippen LogP contribution in [-0.2, 0) is 4.74 Å². The van der Waals surface area contributed by atoms with Gasteiger partial charge in [0.25, 0.3) is 0 Å². The van der Waals surface area contributed by atoms with Crippen LogP contribution in [0.3, 0.4) is 0 Å². The van der Waals surface area contributed by atoms with Crippen molar-refractivity contribution in [2.45, 2.75) is 25.3 Å². The van der Waals surface area contributed by atoms with E-state index in [1.165, 1.54) is 0 Å². The summed E-state index contributed by atoms with van der Waals surface area (Å²) in [7, 11) is 2.04.